The third kappa shape index (κ3) is 5.76. The minimum Gasteiger partial charge on any atom is -0.492 e. The van der Waals surface area contributed by atoms with Crippen LogP contribution in [0.5, 0.6) is 5.75 Å². The third-order valence-electron chi connectivity index (χ3n) is 4.16. The van der Waals surface area contributed by atoms with E-state index in [1.807, 2.05) is 55.7 Å². The third-order valence-corrected chi connectivity index (χ3v) is 4.16. The first-order valence-corrected chi connectivity index (χ1v) is 8.66. The predicted molar refractivity (Wildman–Crippen MR) is 117 cm³/mol. The van der Waals surface area contributed by atoms with Crippen LogP contribution in [0.4, 0.5) is 5.82 Å². The monoisotopic (exact) mass is 467 g/mol. The smallest absolute Gasteiger partial charge is 0.193 e. The first-order valence-electron chi connectivity index (χ1n) is 8.66. The number of hydrogen-bond acceptors (Lipinski definition) is 4. The molecular formula is C19H26IN5O. The van der Waals surface area contributed by atoms with Crippen LogP contribution in [0.3, 0.4) is 0 Å². The molecule has 1 fully saturated rings. The number of guanidine groups is 1. The van der Waals surface area contributed by atoms with Crippen LogP contribution >= 0.6 is 24.0 Å². The molecule has 26 heavy (non-hydrogen) atoms. The molecule has 0 unspecified atom stereocenters. The van der Waals surface area contributed by atoms with Crippen molar-refractivity contribution in [3.63, 3.8) is 0 Å². The Balaban J connectivity index is 0.00000243. The van der Waals surface area contributed by atoms with Crippen LogP contribution in [0.1, 0.15) is 0 Å². The highest BCUT2D eigenvalue weighted by Gasteiger charge is 2.20. The number of para-hydroxylation sites is 1. The van der Waals surface area contributed by atoms with Gasteiger partial charge in [0.15, 0.2) is 5.96 Å². The molecule has 0 radical (unpaired) electrons. The number of aromatic nitrogens is 1. The van der Waals surface area contributed by atoms with Gasteiger partial charge in [-0.3, -0.25) is 4.99 Å². The van der Waals surface area contributed by atoms with Gasteiger partial charge in [0.1, 0.15) is 18.2 Å². The van der Waals surface area contributed by atoms with Crippen molar-refractivity contribution in [2.45, 2.75) is 0 Å². The Morgan fingerprint density at radius 3 is 2.46 bits per heavy atom. The van der Waals surface area contributed by atoms with Crippen molar-refractivity contribution in [3.8, 4) is 5.75 Å². The molecule has 2 aromatic rings. The molecular weight excluding hydrogens is 441 g/mol. The molecule has 2 heterocycles. The fourth-order valence-electron chi connectivity index (χ4n) is 2.87. The van der Waals surface area contributed by atoms with E-state index in [0.717, 1.165) is 50.3 Å². The van der Waals surface area contributed by atoms with Gasteiger partial charge in [-0.15, -0.1) is 24.0 Å². The van der Waals surface area contributed by atoms with Gasteiger partial charge < -0.3 is 19.9 Å². The lowest BCUT2D eigenvalue weighted by Crippen LogP contribution is -2.53. The zero-order valence-corrected chi connectivity index (χ0v) is 17.4. The van der Waals surface area contributed by atoms with Crippen LogP contribution in [0.25, 0.3) is 0 Å². The number of nitrogens with zero attached hydrogens (tertiary/aromatic N) is 4. The van der Waals surface area contributed by atoms with E-state index >= 15 is 0 Å². The van der Waals surface area contributed by atoms with Gasteiger partial charge in [-0.05, 0) is 24.3 Å². The molecule has 1 saturated heterocycles. The molecule has 0 atom stereocenters. The molecule has 1 aliphatic heterocycles. The summed E-state index contributed by atoms with van der Waals surface area (Å²) >= 11 is 0. The average Bonchev–Trinajstić information content (AvgIpc) is 2.70. The van der Waals surface area contributed by atoms with Gasteiger partial charge in [-0.2, -0.15) is 0 Å². The molecule has 6 nitrogen and oxygen atoms in total. The summed E-state index contributed by atoms with van der Waals surface area (Å²) in [5, 5.41) is 3.38. The maximum Gasteiger partial charge on any atom is 0.193 e. The van der Waals surface area contributed by atoms with E-state index in [0.29, 0.717) is 6.61 Å². The SMILES string of the molecule is CN=C(NCCOc1ccccc1)N1CCN(c2ccccn2)CC1.I. The highest BCUT2D eigenvalue weighted by Crippen LogP contribution is 2.12. The largest absolute Gasteiger partial charge is 0.492 e. The molecule has 1 N–H and O–H groups in total. The molecule has 0 saturated carbocycles. The number of hydrogen-bond donors (Lipinski definition) is 1. The van der Waals surface area contributed by atoms with Crippen LogP contribution in [0, 0.1) is 0 Å². The first kappa shape index (κ1) is 20.3. The summed E-state index contributed by atoms with van der Waals surface area (Å²) in [5.41, 5.74) is 0. The summed E-state index contributed by atoms with van der Waals surface area (Å²) in [4.78, 5) is 13.4. The van der Waals surface area contributed by atoms with Crippen LogP contribution in [0.2, 0.25) is 0 Å². The molecule has 0 spiro atoms. The number of nitrogens with one attached hydrogen (secondary N) is 1. The number of pyridine rings is 1. The number of anilines is 1. The number of piperazine rings is 1. The van der Waals surface area contributed by atoms with Gasteiger partial charge in [0.25, 0.3) is 0 Å². The van der Waals surface area contributed by atoms with Crippen molar-refractivity contribution in [3.05, 3.63) is 54.7 Å². The average molecular weight is 467 g/mol. The topological polar surface area (TPSA) is 53.0 Å². The molecule has 140 valence electrons. The Hall–Kier alpha value is -2.03. The number of rotatable bonds is 5. The lowest BCUT2D eigenvalue weighted by atomic mass is 10.3. The molecule has 1 aliphatic rings. The Labute approximate surface area is 172 Å². The molecule has 0 bridgehead atoms. The van der Waals surface area contributed by atoms with Gasteiger partial charge in [0.2, 0.25) is 0 Å². The maximum atomic E-state index is 5.71. The van der Waals surface area contributed by atoms with Gasteiger partial charge >= 0.3 is 0 Å². The first-order chi connectivity index (χ1) is 12.4. The van der Waals surface area contributed by atoms with E-state index in [9.17, 15) is 0 Å². The molecule has 7 heteroatoms. The van der Waals surface area contributed by atoms with E-state index < -0.39 is 0 Å². The van der Waals surface area contributed by atoms with Crippen molar-refractivity contribution >= 4 is 35.8 Å². The Bertz CT molecular complexity index is 660. The van der Waals surface area contributed by atoms with E-state index in [2.05, 4.69) is 31.2 Å². The Morgan fingerprint density at radius 1 is 1.08 bits per heavy atom. The van der Waals surface area contributed by atoms with Gasteiger partial charge in [-0.1, -0.05) is 24.3 Å². The Kier molecular flexibility index (Phi) is 8.46. The van der Waals surface area contributed by atoms with Crippen molar-refractivity contribution < 1.29 is 4.74 Å². The van der Waals surface area contributed by atoms with E-state index in [1.54, 1.807) is 0 Å². The number of halogens is 1. The minimum absolute atomic E-state index is 0. The zero-order chi connectivity index (χ0) is 17.3. The summed E-state index contributed by atoms with van der Waals surface area (Å²) in [6, 6.07) is 15.9. The van der Waals surface area contributed by atoms with E-state index in [-0.39, 0.29) is 24.0 Å². The highest BCUT2D eigenvalue weighted by atomic mass is 127. The fourth-order valence-corrected chi connectivity index (χ4v) is 2.87. The second-order valence-corrected chi connectivity index (χ2v) is 5.80. The van der Waals surface area contributed by atoms with Crippen molar-refractivity contribution in [2.75, 3.05) is 51.3 Å². The van der Waals surface area contributed by atoms with Crippen LogP contribution in [-0.2, 0) is 0 Å². The van der Waals surface area contributed by atoms with Crippen LogP contribution in [0.15, 0.2) is 59.7 Å². The standard InChI is InChI=1S/C19H25N5O.HI/c1-20-19(22-11-16-25-17-7-3-2-4-8-17)24-14-12-23(13-15-24)18-9-5-6-10-21-18;/h2-10H,11-16H2,1H3,(H,20,22);1H. The van der Waals surface area contributed by atoms with Gasteiger partial charge in [0, 0.05) is 39.4 Å². The lowest BCUT2D eigenvalue weighted by molar-refractivity contribution is 0.315. The van der Waals surface area contributed by atoms with Crippen molar-refractivity contribution in [1.29, 1.82) is 0 Å². The maximum absolute atomic E-state index is 5.71. The second kappa shape index (κ2) is 10.8. The quantitative estimate of drug-likeness (QED) is 0.317. The molecule has 0 amide bonds. The second-order valence-electron chi connectivity index (χ2n) is 5.80. The summed E-state index contributed by atoms with van der Waals surface area (Å²) in [5.74, 6) is 2.86. The molecule has 3 rings (SSSR count). The molecule has 1 aromatic heterocycles. The molecule has 1 aromatic carbocycles. The van der Waals surface area contributed by atoms with Gasteiger partial charge in [0.05, 0.1) is 6.54 Å². The van der Waals surface area contributed by atoms with Crippen LogP contribution < -0.4 is 15.0 Å². The van der Waals surface area contributed by atoms with E-state index in [1.165, 1.54) is 0 Å². The summed E-state index contributed by atoms with van der Waals surface area (Å²) in [6.07, 6.45) is 1.84. The summed E-state index contributed by atoms with van der Waals surface area (Å²) in [7, 11) is 1.82. The van der Waals surface area contributed by atoms with E-state index in [4.69, 9.17) is 4.74 Å². The number of aliphatic imine (C=N–C) groups is 1. The highest BCUT2D eigenvalue weighted by molar-refractivity contribution is 14.0. The normalized spacial score (nSPS) is 14.6. The Morgan fingerprint density at radius 2 is 1.81 bits per heavy atom. The van der Waals surface area contributed by atoms with Crippen molar-refractivity contribution in [1.82, 2.24) is 15.2 Å². The number of benzene rings is 1. The molecule has 0 aliphatic carbocycles. The summed E-state index contributed by atoms with van der Waals surface area (Å²) < 4.78 is 5.71. The van der Waals surface area contributed by atoms with Crippen molar-refractivity contribution in [2.24, 2.45) is 4.99 Å². The number of ether oxygens (including phenoxy) is 1. The fraction of sp³-hybridized carbons (Fsp3) is 0.368. The van der Waals surface area contributed by atoms with Gasteiger partial charge in [-0.25, -0.2) is 4.98 Å². The minimum atomic E-state index is 0. The predicted octanol–water partition coefficient (Wildman–Crippen LogP) is 2.48. The lowest BCUT2D eigenvalue weighted by Gasteiger charge is -2.37. The summed E-state index contributed by atoms with van der Waals surface area (Å²) in [6.45, 7) is 5.07. The van der Waals surface area contributed by atoms with Crippen LogP contribution in [-0.4, -0.2) is 62.2 Å². The zero-order valence-electron chi connectivity index (χ0n) is 15.0.